The van der Waals surface area contributed by atoms with Crippen molar-refractivity contribution in [1.29, 1.82) is 0 Å². The number of pyridine rings is 1. The van der Waals surface area contributed by atoms with E-state index in [-0.39, 0.29) is 29.5 Å². The van der Waals surface area contributed by atoms with E-state index in [9.17, 15) is 23.2 Å². The van der Waals surface area contributed by atoms with Crippen molar-refractivity contribution in [2.75, 3.05) is 19.0 Å². The summed E-state index contributed by atoms with van der Waals surface area (Å²) in [5.74, 6) is -2.50. The van der Waals surface area contributed by atoms with E-state index >= 15 is 0 Å². The number of hydrogen-bond acceptors (Lipinski definition) is 6. The molecule has 2 aromatic carbocycles. The van der Waals surface area contributed by atoms with Gasteiger partial charge in [0.2, 0.25) is 0 Å². The number of methoxy groups -OCH3 is 1. The van der Waals surface area contributed by atoms with Crippen LogP contribution in [0.1, 0.15) is 60.8 Å². The Morgan fingerprint density at radius 1 is 1.17 bits per heavy atom. The van der Waals surface area contributed by atoms with Gasteiger partial charge in [-0.05, 0) is 63.3 Å². The van der Waals surface area contributed by atoms with Crippen molar-refractivity contribution in [1.82, 2.24) is 9.88 Å². The number of amides is 1. The van der Waals surface area contributed by atoms with E-state index in [0.717, 1.165) is 41.8 Å². The standard InChI is InChI=1S/C32H37F2N3O5/c1-7-17(2)35-21-15-24(33)29(25(34)16-21)31(39)36-26(19(4)38)14-20-10-11-23(30-22(20)9-8-12-42-30)28-27(41-6)13-18(3)37(5)32(28)40/h10-11,13,15-17,26,35H,7-9,12,14H2,1-6H3,(H,36,39)/t17-,26-/m0/s1. The fourth-order valence-electron chi connectivity index (χ4n) is 5.13. The van der Waals surface area contributed by atoms with Gasteiger partial charge >= 0.3 is 0 Å². The number of Topliss-reactive ketones (excluding diaryl/α,β-unsaturated/α-hetero) is 1. The van der Waals surface area contributed by atoms with Crippen LogP contribution in [0.4, 0.5) is 14.5 Å². The molecule has 0 unspecified atom stereocenters. The molecule has 2 N–H and O–H groups in total. The molecule has 1 amide bonds. The second kappa shape index (κ2) is 12.8. The molecular weight excluding hydrogens is 544 g/mol. The highest BCUT2D eigenvalue weighted by Crippen LogP contribution is 2.41. The van der Waals surface area contributed by atoms with E-state index in [1.807, 2.05) is 20.8 Å². The number of nitrogens with zero attached hydrogens (tertiary/aromatic N) is 1. The number of carbonyl (C=O) groups excluding carboxylic acids is 2. The molecule has 0 radical (unpaired) electrons. The molecule has 3 aromatic rings. The molecule has 2 atom stereocenters. The van der Waals surface area contributed by atoms with Crippen LogP contribution < -0.4 is 25.7 Å². The second-order valence-corrected chi connectivity index (χ2v) is 10.7. The van der Waals surface area contributed by atoms with Gasteiger partial charge in [-0.15, -0.1) is 0 Å². The van der Waals surface area contributed by atoms with Crippen molar-refractivity contribution in [3.8, 4) is 22.6 Å². The number of aromatic nitrogens is 1. The number of hydrogen-bond donors (Lipinski definition) is 2. The Balaban J connectivity index is 1.67. The smallest absolute Gasteiger partial charge is 0.262 e. The first-order valence-corrected chi connectivity index (χ1v) is 14.1. The summed E-state index contributed by atoms with van der Waals surface area (Å²) < 4.78 is 42.9. The van der Waals surface area contributed by atoms with Gasteiger partial charge in [-0.2, -0.15) is 0 Å². The zero-order chi connectivity index (χ0) is 30.7. The Kier molecular flexibility index (Phi) is 9.33. The van der Waals surface area contributed by atoms with E-state index in [0.29, 0.717) is 35.7 Å². The fourth-order valence-corrected chi connectivity index (χ4v) is 5.13. The molecule has 0 spiro atoms. The molecule has 1 aliphatic heterocycles. The lowest BCUT2D eigenvalue weighted by Gasteiger charge is -2.26. The van der Waals surface area contributed by atoms with Crippen LogP contribution in [0.2, 0.25) is 0 Å². The Hall–Kier alpha value is -4.21. The molecule has 4 rings (SSSR count). The molecular formula is C32H37F2N3O5. The number of ether oxygens (including phenoxy) is 2. The number of carbonyl (C=O) groups is 2. The van der Waals surface area contributed by atoms with Gasteiger partial charge in [0.25, 0.3) is 11.5 Å². The van der Waals surface area contributed by atoms with Crippen LogP contribution in [-0.2, 0) is 24.7 Å². The summed E-state index contributed by atoms with van der Waals surface area (Å²) in [6.07, 6.45) is 2.17. The normalized spacial score (nSPS) is 13.9. The Labute approximate surface area is 244 Å². The third-order valence-corrected chi connectivity index (χ3v) is 7.81. The third-order valence-electron chi connectivity index (χ3n) is 7.81. The molecule has 42 heavy (non-hydrogen) atoms. The van der Waals surface area contributed by atoms with Gasteiger partial charge in [-0.25, -0.2) is 8.78 Å². The van der Waals surface area contributed by atoms with Crippen molar-refractivity contribution < 1.29 is 27.8 Å². The maximum Gasteiger partial charge on any atom is 0.262 e. The number of aryl methyl sites for hydroxylation is 1. The van der Waals surface area contributed by atoms with Crippen molar-refractivity contribution >= 4 is 17.4 Å². The number of anilines is 1. The van der Waals surface area contributed by atoms with Crippen LogP contribution in [0, 0.1) is 18.6 Å². The first-order valence-electron chi connectivity index (χ1n) is 14.1. The molecule has 1 aromatic heterocycles. The van der Waals surface area contributed by atoms with E-state index in [2.05, 4.69) is 10.6 Å². The van der Waals surface area contributed by atoms with Crippen LogP contribution in [0.15, 0.2) is 35.1 Å². The number of halogens is 2. The SMILES string of the molecule is CC[C@H](C)Nc1cc(F)c(C(=O)N[C@@H](Cc2ccc(-c3c(OC)cc(C)n(C)c3=O)c3c2CCCO3)C(C)=O)c(F)c1. The van der Waals surface area contributed by atoms with Gasteiger partial charge in [-0.1, -0.05) is 19.1 Å². The van der Waals surface area contributed by atoms with Gasteiger partial charge < -0.3 is 24.7 Å². The first kappa shape index (κ1) is 30.7. The van der Waals surface area contributed by atoms with Gasteiger partial charge in [-0.3, -0.25) is 14.4 Å². The van der Waals surface area contributed by atoms with Gasteiger partial charge in [0, 0.05) is 42.5 Å². The minimum Gasteiger partial charge on any atom is -0.496 e. The van der Waals surface area contributed by atoms with E-state index < -0.39 is 29.1 Å². The monoisotopic (exact) mass is 581 g/mol. The van der Waals surface area contributed by atoms with Gasteiger partial charge in [0.1, 0.15) is 28.7 Å². The second-order valence-electron chi connectivity index (χ2n) is 10.7. The van der Waals surface area contributed by atoms with Crippen LogP contribution in [0.3, 0.4) is 0 Å². The maximum absolute atomic E-state index is 14.9. The molecule has 0 saturated heterocycles. The summed E-state index contributed by atoms with van der Waals surface area (Å²) in [5, 5.41) is 5.51. The van der Waals surface area contributed by atoms with Crippen LogP contribution in [-0.4, -0.2) is 42.1 Å². The van der Waals surface area contributed by atoms with Crippen molar-refractivity contribution in [2.45, 2.75) is 65.5 Å². The summed E-state index contributed by atoms with van der Waals surface area (Å²) in [4.78, 5) is 39.0. The molecule has 1 aliphatic rings. The predicted molar refractivity (Wildman–Crippen MR) is 158 cm³/mol. The quantitative estimate of drug-likeness (QED) is 0.345. The highest BCUT2D eigenvalue weighted by atomic mass is 19.1. The fraction of sp³-hybridized carbons (Fsp3) is 0.406. The zero-order valence-electron chi connectivity index (χ0n) is 24.8. The average molecular weight is 582 g/mol. The Morgan fingerprint density at radius 2 is 1.86 bits per heavy atom. The summed E-state index contributed by atoms with van der Waals surface area (Å²) >= 11 is 0. The molecule has 0 bridgehead atoms. The number of nitrogens with one attached hydrogen (secondary N) is 2. The summed E-state index contributed by atoms with van der Waals surface area (Å²) in [6, 6.07) is 6.41. The Morgan fingerprint density at radius 3 is 2.48 bits per heavy atom. The number of benzene rings is 2. The predicted octanol–water partition coefficient (Wildman–Crippen LogP) is 5.11. The summed E-state index contributed by atoms with van der Waals surface area (Å²) in [6.45, 7) is 7.39. The van der Waals surface area contributed by atoms with Crippen LogP contribution in [0.25, 0.3) is 11.1 Å². The van der Waals surface area contributed by atoms with Crippen molar-refractivity contribution in [2.24, 2.45) is 7.05 Å². The number of ketones is 1. The number of rotatable bonds is 10. The van der Waals surface area contributed by atoms with Crippen LogP contribution >= 0.6 is 0 Å². The highest BCUT2D eigenvalue weighted by Gasteiger charge is 2.28. The lowest BCUT2D eigenvalue weighted by molar-refractivity contribution is -0.118. The van der Waals surface area contributed by atoms with E-state index in [1.165, 1.54) is 18.6 Å². The van der Waals surface area contributed by atoms with Crippen molar-refractivity contribution in [3.63, 3.8) is 0 Å². The molecule has 10 heteroatoms. The van der Waals surface area contributed by atoms with Crippen LogP contribution in [0.5, 0.6) is 11.5 Å². The van der Waals surface area contributed by atoms with E-state index in [1.54, 1.807) is 25.2 Å². The molecule has 0 saturated carbocycles. The molecule has 8 nitrogen and oxygen atoms in total. The zero-order valence-corrected chi connectivity index (χ0v) is 24.8. The van der Waals surface area contributed by atoms with Gasteiger partial charge in [0.15, 0.2) is 5.78 Å². The minimum absolute atomic E-state index is 0.0121. The molecule has 224 valence electrons. The third kappa shape index (κ3) is 6.17. The Bertz CT molecular complexity index is 1560. The summed E-state index contributed by atoms with van der Waals surface area (Å²) in [7, 11) is 3.19. The molecule has 0 aliphatic carbocycles. The van der Waals surface area contributed by atoms with Crippen molar-refractivity contribution in [3.05, 3.63) is 74.7 Å². The lowest BCUT2D eigenvalue weighted by Crippen LogP contribution is -2.42. The number of fused-ring (bicyclic) bond motifs is 1. The first-order chi connectivity index (χ1) is 20.0. The maximum atomic E-state index is 14.9. The lowest BCUT2D eigenvalue weighted by atomic mass is 9.89. The molecule has 2 heterocycles. The van der Waals surface area contributed by atoms with E-state index in [4.69, 9.17) is 9.47 Å². The molecule has 0 fully saturated rings. The minimum atomic E-state index is -1.05. The summed E-state index contributed by atoms with van der Waals surface area (Å²) in [5.41, 5.74) is 2.45. The topological polar surface area (TPSA) is 98.7 Å². The van der Waals surface area contributed by atoms with Gasteiger partial charge in [0.05, 0.1) is 25.3 Å². The highest BCUT2D eigenvalue weighted by molar-refractivity contribution is 5.98. The largest absolute Gasteiger partial charge is 0.496 e. The average Bonchev–Trinajstić information content (AvgIpc) is 2.95.